The highest BCUT2D eigenvalue weighted by atomic mass is 16.6. The summed E-state index contributed by atoms with van der Waals surface area (Å²) in [5, 5.41) is 3.13. The molecule has 0 aliphatic carbocycles. The van der Waals surface area contributed by atoms with Gasteiger partial charge in [-0.15, -0.1) is 0 Å². The van der Waals surface area contributed by atoms with Crippen LogP contribution < -0.4 is 5.32 Å². The van der Waals surface area contributed by atoms with Crippen molar-refractivity contribution in [2.24, 2.45) is 0 Å². The molecule has 3 heterocycles. The van der Waals surface area contributed by atoms with Gasteiger partial charge in [-0.25, -0.2) is 0 Å². The predicted octanol–water partition coefficient (Wildman–Crippen LogP) is 0.0539. The van der Waals surface area contributed by atoms with Crippen molar-refractivity contribution in [3.8, 4) is 0 Å². The van der Waals surface area contributed by atoms with Gasteiger partial charge in [0.2, 0.25) is 0 Å². The maximum absolute atomic E-state index is 11.0. The van der Waals surface area contributed by atoms with Crippen LogP contribution in [0.5, 0.6) is 0 Å². The highest BCUT2D eigenvalue weighted by molar-refractivity contribution is 5.78. The molecule has 0 amide bonds. The Balaban J connectivity index is 2.22. The number of nitrogens with one attached hydrogen (secondary N) is 1. The topological polar surface area (TPSA) is 38.3 Å². The predicted molar refractivity (Wildman–Crippen MR) is 35.5 cm³/mol. The fourth-order valence-electron chi connectivity index (χ4n) is 1.58. The van der Waals surface area contributed by atoms with Gasteiger partial charge >= 0.3 is 5.97 Å². The molecule has 3 heteroatoms. The Morgan fingerprint density at radius 1 is 1.80 bits per heavy atom. The average Bonchev–Trinajstić information content (AvgIpc) is 1.87. The first kappa shape index (κ1) is 6.16. The van der Waals surface area contributed by atoms with Crippen LogP contribution in [-0.4, -0.2) is 24.2 Å². The zero-order chi connectivity index (χ0) is 7.19. The molecule has 10 heavy (non-hydrogen) atoms. The lowest BCUT2D eigenvalue weighted by Crippen LogP contribution is -2.60. The van der Waals surface area contributed by atoms with E-state index in [4.69, 9.17) is 4.74 Å². The number of hydrogen-bond acceptors (Lipinski definition) is 3. The van der Waals surface area contributed by atoms with Gasteiger partial charge in [-0.3, -0.25) is 4.79 Å². The molecule has 1 N–H and O–H groups in total. The van der Waals surface area contributed by atoms with Gasteiger partial charge in [0.25, 0.3) is 0 Å². The van der Waals surface area contributed by atoms with Crippen LogP contribution in [0.15, 0.2) is 0 Å². The zero-order valence-corrected chi connectivity index (χ0v) is 6.02. The average molecular weight is 141 g/mol. The molecule has 3 aliphatic rings. The van der Waals surface area contributed by atoms with Gasteiger partial charge < -0.3 is 10.1 Å². The molecule has 3 saturated heterocycles. The highest BCUT2D eigenvalue weighted by Crippen LogP contribution is 2.29. The molecule has 0 aromatic heterocycles. The van der Waals surface area contributed by atoms with Gasteiger partial charge in [0.15, 0.2) is 0 Å². The minimum atomic E-state index is -0.203. The lowest BCUT2D eigenvalue weighted by molar-refractivity contribution is -0.177. The number of esters is 1. The molecule has 3 nitrogen and oxygen atoms in total. The van der Waals surface area contributed by atoms with Crippen molar-refractivity contribution in [3.05, 3.63) is 0 Å². The molecule has 0 aromatic rings. The Bertz CT molecular complexity index is 170. The standard InChI is InChI=1S/C7H11NO2/c1-7-3-2-5(8-4-7)6(9)10-7/h5,8H,2-4H2,1H3. The third-order valence-electron chi connectivity index (χ3n) is 2.32. The molecule has 0 aromatic carbocycles. The molecular weight excluding hydrogens is 130 g/mol. The third-order valence-corrected chi connectivity index (χ3v) is 2.32. The lowest BCUT2D eigenvalue weighted by atomic mass is 9.88. The maximum atomic E-state index is 11.0. The number of rotatable bonds is 0. The quantitative estimate of drug-likeness (QED) is 0.484. The summed E-state index contributed by atoms with van der Waals surface area (Å²) >= 11 is 0. The summed E-state index contributed by atoms with van der Waals surface area (Å²) in [5.41, 5.74) is -0.203. The second kappa shape index (κ2) is 1.72. The molecule has 56 valence electrons. The summed E-state index contributed by atoms with van der Waals surface area (Å²) in [6, 6.07) is -0.0122. The maximum Gasteiger partial charge on any atom is 0.323 e. The Morgan fingerprint density at radius 2 is 2.60 bits per heavy atom. The molecular formula is C7H11NO2. The molecule has 2 unspecified atom stereocenters. The second-order valence-corrected chi connectivity index (χ2v) is 3.34. The molecule has 3 fully saturated rings. The van der Waals surface area contributed by atoms with E-state index in [9.17, 15) is 4.79 Å². The van der Waals surface area contributed by atoms with Gasteiger partial charge in [-0.1, -0.05) is 0 Å². The summed E-state index contributed by atoms with van der Waals surface area (Å²) < 4.78 is 5.17. The number of fused-ring (bicyclic) bond motifs is 3. The van der Waals surface area contributed by atoms with E-state index >= 15 is 0 Å². The first-order valence-electron chi connectivity index (χ1n) is 3.66. The first-order valence-corrected chi connectivity index (χ1v) is 3.66. The van der Waals surface area contributed by atoms with Gasteiger partial charge in [0.1, 0.15) is 11.6 Å². The van der Waals surface area contributed by atoms with E-state index < -0.39 is 0 Å². The van der Waals surface area contributed by atoms with Crippen molar-refractivity contribution in [1.82, 2.24) is 5.32 Å². The van der Waals surface area contributed by atoms with Gasteiger partial charge in [0.05, 0.1) is 0 Å². The molecule has 2 atom stereocenters. The minimum absolute atomic E-state index is 0.0122. The monoisotopic (exact) mass is 141 g/mol. The van der Waals surface area contributed by atoms with E-state index in [1.165, 1.54) is 0 Å². The number of piperidine rings is 1. The second-order valence-electron chi connectivity index (χ2n) is 3.34. The van der Waals surface area contributed by atoms with Crippen LogP contribution in [0.25, 0.3) is 0 Å². The van der Waals surface area contributed by atoms with Gasteiger partial charge in [-0.05, 0) is 19.8 Å². The van der Waals surface area contributed by atoms with Crippen LogP contribution in [-0.2, 0) is 9.53 Å². The minimum Gasteiger partial charge on any atom is -0.457 e. The number of carbonyl (C=O) groups is 1. The van der Waals surface area contributed by atoms with E-state index in [1.54, 1.807) is 0 Å². The first-order chi connectivity index (χ1) is 4.70. The van der Waals surface area contributed by atoms with Crippen molar-refractivity contribution in [2.75, 3.05) is 6.54 Å². The molecule has 0 spiro atoms. The highest BCUT2D eigenvalue weighted by Gasteiger charge is 2.43. The molecule has 3 aliphatic heterocycles. The Hall–Kier alpha value is -0.570. The van der Waals surface area contributed by atoms with Gasteiger partial charge in [-0.2, -0.15) is 0 Å². The van der Waals surface area contributed by atoms with Crippen molar-refractivity contribution >= 4 is 5.97 Å². The number of hydrogen-bond donors (Lipinski definition) is 1. The lowest BCUT2D eigenvalue weighted by Gasteiger charge is -2.43. The van der Waals surface area contributed by atoms with Crippen molar-refractivity contribution in [1.29, 1.82) is 0 Å². The van der Waals surface area contributed by atoms with Crippen molar-refractivity contribution in [2.45, 2.75) is 31.4 Å². The van der Waals surface area contributed by atoms with E-state index in [0.717, 1.165) is 19.4 Å². The number of ether oxygens (including phenoxy) is 1. The fraction of sp³-hybridized carbons (Fsp3) is 0.857. The largest absolute Gasteiger partial charge is 0.457 e. The van der Waals surface area contributed by atoms with E-state index in [2.05, 4.69) is 5.32 Å². The summed E-state index contributed by atoms with van der Waals surface area (Å²) in [4.78, 5) is 11.0. The Kier molecular flexibility index (Phi) is 1.06. The van der Waals surface area contributed by atoms with Crippen LogP contribution in [0.2, 0.25) is 0 Å². The summed E-state index contributed by atoms with van der Waals surface area (Å²) in [7, 11) is 0. The molecule has 2 bridgehead atoms. The van der Waals surface area contributed by atoms with E-state index in [-0.39, 0.29) is 17.6 Å². The summed E-state index contributed by atoms with van der Waals surface area (Å²) in [5.74, 6) is -0.0694. The zero-order valence-electron chi connectivity index (χ0n) is 6.02. The normalized spacial score (nSPS) is 45.3. The Labute approximate surface area is 59.7 Å². The number of morpholine rings is 1. The molecule has 0 saturated carbocycles. The number of carbonyl (C=O) groups excluding carboxylic acids is 1. The van der Waals surface area contributed by atoms with Crippen molar-refractivity contribution < 1.29 is 9.53 Å². The smallest absolute Gasteiger partial charge is 0.323 e. The molecule has 3 rings (SSSR count). The van der Waals surface area contributed by atoms with Crippen LogP contribution >= 0.6 is 0 Å². The van der Waals surface area contributed by atoms with Crippen LogP contribution in [0.4, 0.5) is 0 Å². The van der Waals surface area contributed by atoms with Crippen LogP contribution in [0, 0.1) is 0 Å². The van der Waals surface area contributed by atoms with E-state index in [1.807, 2.05) is 6.92 Å². The van der Waals surface area contributed by atoms with E-state index in [0.29, 0.717) is 0 Å². The van der Waals surface area contributed by atoms with Crippen LogP contribution in [0.1, 0.15) is 19.8 Å². The fourth-order valence-corrected chi connectivity index (χ4v) is 1.58. The summed E-state index contributed by atoms with van der Waals surface area (Å²) in [6.07, 6.45) is 1.95. The Morgan fingerprint density at radius 3 is 2.90 bits per heavy atom. The molecule has 0 radical (unpaired) electrons. The van der Waals surface area contributed by atoms with Crippen LogP contribution in [0.3, 0.4) is 0 Å². The van der Waals surface area contributed by atoms with Gasteiger partial charge in [0, 0.05) is 6.54 Å². The van der Waals surface area contributed by atoms with Crippen molar-refractivity contribution in [3.63, 3.8) is 0 Å². The SMILES string of the molecule is CC12CCC(NC1)C(=O)O2. The summed E-state index contributed by atoms with van der Waals surface area (Å²) in [6.45, 7) is 2.80. The third kappa shape index (κ3) is 0.736.